The Kier molecular flexibility index (Phi) is 4.13. The first kappa shape index (κ1) is 15.6. The van der Waals surface area contributed by atoms with Crippen LogP contribution in [0.2, 0.25) is 0 Å². The lowest BCUT2D eigenvalue weighted by molar-refractivity contribution is -0.137. The third-order valence-corrected chi connectivity index (χ3v) is 3.98. The second-order valence-electron chi connectivity index (χ2n) is 5.75. The van der Waals surface area contributed by atoms with Gasteiger partial charge in [-0.3, -0.25) is 10.6 Å². The van der Waals surface area contributed by atoms with Crippen LogP contribution < -0.4 is 16.6 Å². The topological polar surface area (TPSA) is 67.2 Å². The van der Waals surface area contributed by atoms with Crippen molar-refractivity contribution in [2.75, 3.05) is 12.0 Å². The van der Waals surface area contributed by atoms with Crippen molar-refractivity contribution in [3.05, 3.63) is 29.3 Å². The van der Waals surface area contributed by atoms with E-state index in [1.807, 2.05) is 6.92 Å². The van der Waals surface area contributed by atoms with E-state index in [0.717, 1.165) is 37.5 Å². The Hall–Kier alpha value is -1.76. The highest BCUT2D eigenvalue weighted by Crippen LogP contribution is 2.39. The summed E-state index contributed by atoms with van der Waals surface area (Å²) in [5.41, 5.74) is 1.49. The quantitative estimate of drug-likeness (QED) is 0.592. The van der Waals surface area contributed by atoms with Crippen LogP contribution in [0.1, 0.15) is 42.1 Å². The monoisotopic (exact) mass is 301 g/mol. The molecule has 1 aliphatic carbocycles. The maximum atomic E-state index is 12.7. The summed E-state index contributed by atoms with van der Waals surface area (Å²) in [6, 6.07) is 2.86. The van der Waals surface area contributed by atoms with Crippen LogP contribution >= 0.6 is 0 Å². The number of halogens is 3. The summed E-state index contributed by atoms with van der Waals surface area (Å²) in [5.74, 6) is 4.70. The molecule has 1 aromatic carbocycles. The van der Waals surface area contributed by atoms with E-state index in [4.69, 9.17) is 5.84 Å². The van der Waals surface area contributed by atoms with Gasteiger partial charge in [0.1, 0.15) is 0 Å². The molecule has 1 fully saturated rings. The zero-order valence-electron chi connectivity index (χ0n) is 11.7. The highest BCUT2D eigenvalue weighted by atomic mass is 19.4. The van der Waals surface area contributed by atoms with Gasteiger partial charge >= 0.3 is 6.18 Å². The SMILES string of the molecule is CC1(CNC(=O)c2cc(C(F)(F)F)ccc2NN)CCC1. The second kappa shape index (κ2) is 5.55. The Labute approximate surface area is 120 Å². The molecule has 0 aliphatic heterocycles. The van der Waals surface area contributed by atoms with Crippen LogP contribution in [-0.4, -0.2) is 12.5 Å². The number of rotatable bonds is 4. The van der Waals surface area contributed by atoms with Crippen molar-refractivity contribution in [2.24, 2.45) is 11.3 Å². The van der Waals surface area contributed by atoms with Crippen molar-refractivity contribution < 1.29 is 18.0 Å². The fourth-order valence-electron chi connectivity index (χ4n) is 2.38. The van der Waals surface area contributed by atoms with Gasteiger partial charge in [0, 0.05) is 6.54 Å². The Morgan fingerprint density at radius 2 is 2.05 bits per heavy atom. The first-order valence-corrected chi connectivity index (χ1v) is 6.71. The van der Waals surface area contributed by atoms with Gasteiger partial charge in [0.05, 0.1) is 16.8 Å². The molecule has 0 spiro atoms. The molecule has 0 bridgehead atoms. The molecule has 0 aromatic heterocycles. The number of carbonyl (C=O) groups is 1. The molecule has 2 rings (SSSR count). The minimum Gasteiger partial charge on any atom is -0.351 e. The molecule has 1 aromatic rings. The number of anilines is 1. The van der Waals surface area contributed by atoms with Crippen molar-refractivity contribution in [1.29, 1.82) is 0 Å². The van der Waals surface area contributed by atoms with Crippen molar-refractivity contribution in [3.8, 4) is 0 Å². The normalized spacial score (nSPS) is 17.0. The maximum Gasteiger partial charge on any atom is 0.416 e. The van der Waals surface area contributed by atoms with Gasteiger partial charge in [-0.15, -0.1) is 0 Å². The van der Waals surface area contributed by atoms with E-state index in [-0.39, 0.29) is 16.7 Å². The number of alkyl halides is 3. The molecule has 4 N–H and O–H groups in total. The molecule has 21 heavy (non-hydrogen) atoms. The fourth-order valence-corrected chi connectivity index (χ4v) is 2.38. The average Bonchev–Trinajstić information content (AvgIpc) is 2.41. The molecule has 0 atom stereocenters. The van der Waals surface area contributed by atoms with Crippen LogP contribution in [0, 0.1) is 5.41 Å². The number of benzene rings is 1. The molecule has 7 heteroatoms. The molecule has 0 radical (unpaired) electrons. The predicted molar refractivity (Wildman–Crippen MR) is 73.5 cm³/mol. The summed E-state index contributed by atoms with van der Waals surface area (Å²) in [6.07, 6.45) is -1.36. The number of hydrogen-bond acceptors (Lipinski definition) is 3. The first-order valence-electron chi connectivity index (χ1n) is 6.71. The summed E-state index contributed by atoms with van der Waals surface area (Å²) in [5, 5.41) is 2.69. The van der Waals surface area contributed by atoms with E-state index in [0.29, 0.717) is 6.54 Å². The van der Waals surface area contributed by atoms with E-state index < -0.39 is 17.6 Å². The number of hydrogen-bond donors (Lipinski definition) is 3. The minimum atomic E-state index is -4.50. The molecule has 0 heterocycles. The van der Waals surface area contributed by atoms with E-state index in [1.165, 1.54) is 0 Å². The molecule has 1 amide bonds. The molecule has 0 unspecified atom stereocenters. The van der Waals surface area contributed by atoms with E-state index in [9.17, 15) is 18.0 Å². The third kappa shape index (κ3) is 3.47. The highest BCUT2D eigenvalue weighted by Gasteiger charge is 2.33. The van der Waals surface area contributed by atoms with Gasteiger partial charge in [-0.1, -0.05) is 13.3 Å². The van der Waals surface area contributed by atoms with E-state index in [1.54, 1.807) is 0 Å². The second-order valence-corrected chi connectivity index (χ2v) is 5.75. The number of nitrogens with two attached hydrogens (primary N) is 1. The number of carbonyl (C=O) groups excluding carboxylic acids is 1. The molecular formula is C14H18F3N3O. The molecular weight excluding hydrogens is 283 g/mol. The van der Waals surface area contributed by atoms with Gasteiger partial charge in [0.25, 0.3) is 5.91 Å². The fraction of sp³-hybridized carbons (Fsp3) is 0.500. The molecule has 4 nitrogen and oxygen atoms in total. The lowest BCUT2D eigenvalue weighted by atomic mass is 9.70. The first-order chi connectivity index (χ1) is 9.75. The Morgan fingerprint density at radius 1 is 1.38 bits per heavy atom. The standard InChI is InChI=1S/C14H18F3N3O/c1-13(5-2-6-13)8-19-12(21)10-7-9(14(15,16)17)3-4-11(10)20-18/h3-4,7,20H,2,5-6,8,18H2,1H3,(H,19,21). The zero-order valence-corrected chi connectivity index (χ0v) is 11.7. The van der Waals surface area contributed by atoms with Crippen LogP contribution in [0.15, 0.2) is 18.2 Å². The van der Waals surface area contributed by atoms with Crippen molar-refractivity contribution in [3.63, 3.8) is 0 Å². The number of nitrogens with one attached hydrogen (secondary N) is 2. The van der Waals surface area contributed by atoms with Crippen LogP contribution in [0.25, 0.3) is 0 Å². The van der Waals surface area contributed by atoms with Gasteiger partial charge in [0.2, 0.25) is 0 Å². The maximum absolute atomic E-state index is 12.7. The summed E-state index contributed by atoms with van der Waals surface area (Å²) >= 11 is 0. The van der Waals surface area contributed by atoms with Crippen LogP contribution in [-0.2, 0) is 6.18 Å². The van der Waals surface area contributed by atoms with Gasteiger partial charge < -0.3 is 10.7 Å². The molecule has 116 valence electrons. The van der Waals surface area contributed by atoms with Crippen LogP contribution in [0.4, 0.5) is 18.9 Å². The van der Waals surface area contributed by atoms with Crippen LogP contribution in [0.5, 0.6) is 0 Å². The number of amides is 1. The third-order valence-electron chi connectivity index (χ3n) is 3.98. The van der Waals surface area contributed by atoms with Crippen LogP contribution in [0.3, 0.4) is 0 Å². The van der Waals surface area contributed by atoms with Gasteiger partial charge in [-0.05, 0) is 36.5 Å². The van der Waals surface area contributed by atoms with Crippen molar-refractivity contribution >= 4 is 11.6 Å². The smallest absolute Gasteiger partial charge is 0.351 e. The minimum absolute atomic E-state index is 0.0492. The predicted octanol–water partition coefficient (Wildman–Crippen LogP) is 2.91. The number of hydrazine groups is 1. The van der Waals surface area contributed by atoms with Gasteiger partial charge in [0.15, 0.2) is 0 Å². The van der Waals surface area contributed by atoms with Gasteiger partial charge in [-0.2, -0.15) is 13.2 Å². The lowest BCUT2D eigenvalue weighted by Crippen LogP contribution is -2.40. The summed E-state index contributed by atoms with van der Waals surface area (Å²) < 4.78 is 38.2. The molecule has 0 saturated heterocycles. The van der Waals surface area contributed by atoms with Crippen molar-refractivity contribution in [1.82, 2.24) is 5.32 Å². The van der Waals surface area contributed by atoms with Crippen molar-refractivity contribution in [2.45, 2.75) is 32.4 Å². The summed E-state index contributed by atoms with van der Waals surface area (Å²) in [4.78, 5) is 12.1. The lowest BCUT2D eigenvalue weighted by Gasteiger charge is -2.38. The highest BCUT2D eigenvalue weighted by molar-refractivity contribution is 5.99. The summed E-state index contributed by atoms with van der Waals surface area (Å²) in [7, 11) is 0. The van der Waals surface area contributed by atoms with E-state index >= 15 is 0 Å². The van der Waals surface area contributed by atoms with Gasteiger partial charge in [-0.25, -0.2) is 0 Å². The van der Waals surface area contributed by atoms with E-state index in [2.05, 4.69) is 10.7 Å². The Balaban J connectivity index is 2.17. The zero-order chi connectivity index (χ0) is 15.7. The molecule has 1 aliphatic rings. The summed E-state index contributed by atoms with van der Waals surface area (Å²) in [6.45, 7) is 2.50. The number of nitrogen functional groups attached to an aromatic ring is 1. The Morgan fingerprint density at radius 3 is 2.52 bits per heavy atom. The largest absolute Gasteiger partial charge is 0.416 e. The molecule has 1 saturated carbocycles. The Bertz CT molecular complexity index is 539. The average molecular weight is 301 g/mol.